The minimum absolute atomic E-state index is 0.805. The number of hydrogen-bond acceptors (Lipinski definition) is 2. The summed E-state index contributed by atoms with van der Waals surface area (Å²) in [6.07, 6.45) is 6.19. The van der Waals surface area contributed by atoms with Gasteiger partial charge in [0, 0.05) is 73.5 Å². The van der Waals surface area contributed by atoms with Crippen molar-refractivity contribution in [3.63, 3.8) is 0 Å². The quantitative estimate of drug-likeness (QED) is 0.176. The van der Waals surface area contributed by atoms with Gasteiger partial charge in [-0.15, -0.1) is 0 Å². The Bertz CT molecular complexity index is 2990. The molecule has 1 aliphatic rings. The molecule has 0 radical (unpaired) electrons. The summed E-state index contributed by atoms with van der Waals surface area (Å²) < 4.78 is 4.73. The molecule has 0 aliphatic carbocycles. The summed E-state index contributed by atoms with van der Waals surface area (Å²) >= 11 is 0. The average molecular weight is 667 g/mol. The van der Waals surface area contributed by atoms with Gasteiger partial charge in [-0.1, -0.05) is 84.9 Å². The second kappa shape index (κ2) is 11.0. The number of pyridine rings is 2. The summed E-state index contributed by atoms with van der Waals surface area (Å²) in [6.45, 7) is 0. The molecule has 0 spiro atoms. The molecule has 0 saturated carbocycles. The molecule has 11 rings (SSSR count). The van der Waals surface area contributed by atoms with E-state index in [-0.39, 0.29) is 0 Å². The maximum Gasteiger partial charge on any atom is 0.113 e. The van der Waals surface area contributed by atoms with Crippen LogP contribution in [-0.2, 0) is 0 Å². The number of hydrogen-bond donors (Lipinski definition) is 0. The van der Waals surface area contributed by atoms with Crippen molar-refractivity contribution in [1.82, 2.24) is 19.1 Å². The van der Waals surface area contributed by atoms with Gasteiger partial charge < -0.3 is 9.13 Å². The van der Waals surface area contributed by atoms with Crippen LogP contribution in [0.2, 0.25) is 0 Å². The van der Waals surface area contributed by atoms with Crippen LogP contribution in [0.4, 0.5) is 0 Å². The number of para-hydroxylation sites is 4. The fraction of sp³-hybridized carbons (Fsp3) is 0. The lowest BCUT2D eigenvalue weighted by atomic mass is 9.98. The maximum absolute atomic E-state index is 5.13. The highest BCUT2D eigenvalue weighted by molar-refractivity contribution is 6.74. The van der Waals surface area contributed by atoms with Gasteiger partial charge in [-0.2, -0.15) is 0 Å². The first-order chi connectivity index (χ1) is 25.3. The Morgan fingerprint density at radius 3 is 1.57 bits per heavy atom. The van der Waals surface area contributed by atoms with E-state index in [2.05, 4.69) is 179 Å². The zero-order valence-corrected chi connectivity index (χ0v) is 29.1. The predicted molar refractivity (Wildman–Crippen MR) is 215 cm³/mol. The zero-order valence-electron chi connectivity index (χ0n) is 27.7. The molecule has 5 heterocycles. The molecule has 0 amide bonds. The SMILES string of the molecule is c1ccc(-n2c3ccccc3c3cc(-c4cnc5c(c4)-c4cncc(-c6ccc7c(c6)c6ccccc6n7-c6ccccc6)c4[SiH2]5)ccc32)cc1. The van der Waals surface area contributed by atoms with Crippen molar-refractivity contribution >= 4 is 63.6 Å². The Hall–Kier alpha value is -6.56. The van der Waals surface area contributed by atoms with Crippen molar-refractivity contribution in [3.8, 4) is 44.8 Å². The van der Waals surface area contributed by atoms with E-state index in [1.165, 1.54) is 93.3 Å². The Morgan fingerprint density at radius 1 is 0.392 bits per heavy atom. The summed E-state index contributed by atoms with van der Waals surface area (Å²) in [5, 5.41) is 7.68. The molecule has 0 fully saturated rings. The molecule has 4 nitrogen and oxygen atoms in total. The van der Waals surface area contributed by atoms with Crippen LogP contribution in [0.3, 0.4) is 0 Å². The molecular formula is C46H30N4Si. The Morgan fingerprint density at radius 2 is 0.922 bits per heavy atom. The van der Waals surface area contributed by atoms with Gasteiger partial charge in [-0.25, -0.2) is 0 Å². The van der Waals surface area contributed by atoms with Crippen LogP contribution in [-0.4, -0.2) is 28.6 Å². The largest absolute Gasteiger partial charge is 0.309 e. The standard InChI is InChI=1S/C46H30N4Si/c1-3-11-32(12-4-1)49-41-17-9-7-15-34(41)36-23-29(19-21-43(36)49)31-25-38-40-28-47-27-39(45(40)51-46(38)48-26-31)30-20-22-44-37(24-30)35-16-8-10-18-42(35)50(44)33-13-5-2-6-14-33/h1-28H,51H2. The molecular weight excluding hydrogens is 637 g/mol. The number of aromatic nitrogens is 4. The topological polar surface area (TPSA) is 35.6 Å². The molecule has 6 aromatic carbocycles. The van der Waals surface area contributed by atoms with Crippen LogP contribution in [0, 0.1) is 0 Å². The van der Waals surface area contributed by atoms with Crippen molar-refractivity contribution in [2.24, 2.45) is 0 Å². The summed E-state index contributed by atoms with van der Waals surface area (Å²) in [6, 6.07) is 54.8. The highest BCUT2D eigenvalue weighted by Crippen LogP contribution is 2.37. The zero-order chi connectivity index (χ0) is 33.5. The normalized spacial score (nSPS) is 12.7. The van der Waals surface area contributed by atoms with Crippen LogP contribution in [0.5, 0.6) is 0 Å². The van der Waals surface area contributed by atoms with Gasteiger partial charge in [0.2, 0.25) is 0 Å². The lowest BCUT2D eigenvalue weighted by molar-refractivity contribution is 1.18. The molecule has 10 aromatic rings. The van der Waals surface area contributed by atoms with Gasteiger partial charge >= 0.3 is 0 Å². The smallest absolute Gasteiger partial charge is 0.113 e. The molecule has 5 heteroatoms. The third-order valence-electron chi connectivity index (χ3n) is 10.7. The summed E-state index contributed by atoms with van der Waals surface area (Å²) in [7, 11) is -0.805. The van der Waals surface area contributed by atoms with Crippen molar-refractivity contribution in [2.75, 3.05) is 0 Å². The molecule has 0 atom stereocenters. The second-order valence-corrected chi connectivity index (χ2v) is 15.2. The average Bonchev–Trinajstić information content (AvgIpc) is 3.85. The van der Waals surface area contributed by atoms with Gasteiger partial charge in [0.1, 0.15) is 9.52 Å². The Labute approximate surface area is 296 Å². The Balaban J connectivity index is 1.02. The van der Waals surface area contributed by atoms with E-state index in [9.17, 15) is 0 Å². The van der Waals surface area contributed by atoms with Gasteiger partial charge in [0.05, 0.1) is 22.1 Å². The van der Waals surface area contributed by atoms with Crippen LogP contribution in [0.15, 0.2) is 170 Å². The summed E-state index contributed by atoms with van der Waals surface area (Å²) in [5.41, 5.74) is 14.4. The Kier molecular flexibility index (Phi) is 6.09. The molecule has 51 heavy (non-hydrogen) atoms. The fourth-order valence-corrected chi connectivity index (χ4v) is 10.3. The van der Waals surface area contributed by atoms with E-state index in [1.807, 2.05) is 0 Å². The van der Waals surface area contributed by atoms with Crippen molar-refractivity contribution in [1.29, 1.82) is 0 Å². The van der Waals surface area contributed by atoms with Crippen LogP contribution >= 0.6 is 0 Å². The fourth-order valence-electron chi connectivity index (χ4n) is 8.35. The van der Waals surface area contributed by atoms with E-state index in [4.69, 9.17) is 9.97 Å². The first-order valence-electron chi connectivity index (χ1n) is 17.4. The van der Waals surface area contributed by atoms with E-state index < -0.39 is 9.52 Å². The third kappa shape index (κ3) is 4.25. The number of benzene rings is 6. The van der Waals surface area contributed by atoms with Crippen LogP contribution in [0.1, 0.15) is 0 Å². The van der Waals surface area contributed by atoms with E-state index in [0.717, 1.165) is 5.56 Å². The molecule has 0 bridgehead atoms. The predicted octanol–water partition coefficient (Wildman–Crippen LogP) is 9.10. The molecule has 1 aliphatic heterocycles. The molecule has 0 unspecified atom stereocenters. The molecule has 238 valence electrons. The van der Waals surface area contributed by atoms with E-state index in [1.54, 1.807) is 0 Å². The second-order valence-electron chi connectivity index (χ2n) is 13.4. The van der Waals surface area contributed by atoms with Gasteiger partial charge in [-0.05, 0) is 88.6 Å². The lowest BCUT2D eigenvalue weighted by Crippen LogP contribution is -2.25. The summed E-state index contributed by atoms with van der Waals surface area (Å²) in [4.78, 5) is 9.96. The van der Waals surface area contributed by atoms with Gasteiger partial charge in [0.15, 0.2) is 0 Å². The van der Waals surface area contributed by atoms with Crippen molar-refractivity contribution in [3.05, 3.63) is 170 Å². The minimum Gasteiger partial charge on any atom is -0.309 e. The lowest BCUT2D eigenvalue weighted by Gasteiger charge is -2.10. The molecule has 0 N–H and O–H groups in total. The molecule has 0 saturated heterocycles. The monoisotopic (exact) mass is 666 g/mol. The minimum atomic E-state index is -0.805. The van der Waals surface area contributed by atoms with Gasteiger partial charge in [-0.3, -0.25) is 9.97 Å². The first-order valence-corrected chi connectivity index (χ1v) is 18.9. The number of nitrogens with zero attached hydrogens (tertiary/aromatic N) is 4. The molecule has 4 aromatic heterocycles. The van der Waals surface area contributed by atoms with Crippen LogP contribution in [0.25, 0.3) is 88.4 Å². The number of fused-ring (bicyclic) bond motifs is 9. The third-order valence-corrected chi connectivity index (χ3v) is 12.7. The van der Waals surface area contributed by atoms with Crippen molar-refractivity contribution in [2.45, 2.75) is 0 Å². The van der Waals surface area contributed by atoms with Crippen molar-refractivity contribution < 1.29 is 0 Å². The van der Waals surface area contributed by atoms with Crippen LogP contribution < -0.4 is 10.5 Å². The highest BCUT2D eigenvalue weighted by atomic mass is 28.2. The van der Waals surface area contributed by atoms with Gasteiger partial charge in [0.25, 0.3) is 0 Å². The maximum atomic E-state index is 5.13. The highest BCUT2D eigenvalue weighted by Gasteiger charge is 2.25. The van der Waals surface area contributed by atoms with E-state index in [0.29, 0.717) is 0 Å². The first kappa shape index (κ1) is 28.3. The van der Waals surface area contributed by atoms with E-state index >= 15 is 0 Å². The summed E-state index contributed by atoms with van der Waals surface area (Å²) in [5.74, 6) is 0. The number of rotatable bonds is 4.